The number of hydrogen-bond donors (Lipinski definition) is 2. The van der Waals surface area contributed by atoms with Gasteiger partial charge in [-0.1, -0.05) is 6.42 Å². The van der Waals surface area contributed by atoms with E-state index in [2.05, 4.69) is 10.2 Å². The van der Waals surface area contributed by atoms with Gasteiger partial charge in [0.2, 0.25) is 5.91 Å². The summed E-state index contributed by atoms with van der Waals surface area (Å²) >= 11 is 0. The van der Waals surface area contributed by atoms with Crippen LogP contribution in [0.5, 0.6) is 0 Å². The molecule has 1 aromatic carbocycles. The topological polar surface area (TPSA) is 86.7 Å². The van der Waals surface area contributed by atoms with E-state index in [1.807, 2.05) is 24.3 Å². The average Bonchev–Trinajstić information content (AvgIpc) is 3.00. The summed E-state index contributed by atoms with van der Waals surface area (Å²) in [6.45, 7) is 6.64. The Bertz CT molecular complexity index is 723. The van der Waals surface area contributed by atoms with Crippen molar-refractivity contribution in [2.45, 2.75) is 63.7 Å². The van der Waals surface area contributed by atoms with Gasteiger partial charge in [0.05, 0.1) is 16.6 Å². The number of carbonyl (C=O) groups excluding carboxylic acids is 1. The SMILES string of the molecule is CC(C)(C)S(=O)(=O)CCCCCC(=O)Nc1ccc(N2CCC(O)C2)cc1. The van der Waals surface area contributed by atoms with E-state index in [-0.39, 0.29) is 17.8 Å². The van der Waals surface area contributed by atoms with Crippen LogP contribution in [-0.4, -0.2) is 49.1 Å². The van der Waals surface area contributed by atoms with Gasteiger partial charge in [-0.2, -0.15) is 0 Å². The highest BCUT2D eigenvalue weighted by Crippen LogP contribution is 2.22. The van der Waals surface area contributed by atoms with Gasteiger partial charge in [0.25, 0.3) is 0 Å². The predicted octanol–water partition coefficient (Wildman–Crippen LogP) is 2.97. The van der Waals surface area contributed by atoms with Crippen LogP contribution >= 0.6 is 0 Å². The molecule has 0 aliphatic carbocycles. The van der Waals surface area contributed by atoms with Crippen molar-refractivity contribution in [2.24, 2.45) is 0 Å². The molecular weight excluding hydrogens is 364 g/mol. The maximum Gasteiger partial charge on any atom is 0.224 e. The number of nitrogens with zero attached hydrogens (tertiary/aromatic N) is 1. The molecule has 2 N–H and O–H groups in total. The molecule has 1 saturated heterocycles. The van der Waals surface area contributed by atoms with Crippen LogP contribution in [-0.2, 0) is 14.6 Å². The minimum Gasteiger partial charge on any atom is -0.391 e. The predicted molar refractivity (Wildman–Crippen MR) is 110 cm³/mol. The van der Waals surface area contributed by atoms with E-state index in [0.717, 1.165) is 30.8 Å². The average molecular weight is 397 g/mol. The summed E-state index contributed by atoms with van der Waals surface area (Å²) in [7, 11) is -3.08. The zero-order valence-corrected chi connectivity index (χ0v) is 17.4. The number of rotatable bonds is 8. The van der Waals surface area contributed by atoms with Gasteiger partial charge in [0, 0.05) is 30.9 Å². The van der Waals surface area contributed by atoms with Gasteiger partial charge in [0.15, 0.2) is 9.84 Å². The van der Waals surface area contributed by atoms with Crippen LogP contribution in [0.1, 0.15) is 52.9 Å². The number of β-amino-alcohol motifs (C(OH)–C–C–N with tert-alkyl or cyclic N) is 1. The van der Waals surface area contributed by atoms with Gasteiger partial charge in [-0.3, -0.25) is 4.79 Å². The Kier molecular flexibility index (Phi) is 7.28. The van der Waals surface area contributed by atoms with E-state index in [1.165, 1.54) is 0 Å². The minimum atomic E-state index is -3.08. The monoisotopic (exact) mass is 396 g/mol. The molecule has 0 aromatic heterocycles. The lowest BCUT2D eigenvalue weighted by Crippen LogP contribution is -2.30. The first-order valence-corrected chi connectivity index (χ1v) is 11.3. The number of unbranched alkanes of at least 4 members (excludes halogenated alkanes) is 2. The van der Waals surface area contributed by atoms with E-state index in [0.29, 0.717) is 25.8 Å². The Morgan fingerprint density at radius 3 is 2.41 bits per heavy atom. The van der Waals surface area contributed by atoms with Crippen LogP contribution < -0.4 is 10.2 Å². The number of carbonyl (C=O) groups is 1. The molecule has 27 heavy (non-hydrogen) atoms. The number of aliphatic hydroxyl groups is 1. The fraction of sp³-hybridized carbons (Fsp3) is 0.650. The molecule has 1 atom stereocenters. The van der Waals surface area contributed by atoms with Gasteiger partial charge in [0.1, 0.15) is 0 Å². The fourth-order valence-corrected chi connectivity index (χ4v) is 4.21. The second-order valence-corrected chi connectivity index (χ2v) is 11.1. The Hall–Kier alpha value is -1.60. The molecule has 1 heterocycles. The Balaban J connectivity index is 1.69. The highest BCUT2D eigenvalue weighted by molar-refractivity contribution is 7.92. The molecule has 0 saturated carbocycles. The summed E-state index contributed by atoms with van der Waals surface area (Å²) in [5.74, 6) is 0.114. The first-order valence-electron chi connectivity index (χ1n) is 9.64. The molecule has 7 heteroatoms. The standard InChI is InChI=1S/C20H32N2O4S/c1-20(2,3)27(25,26)14-6-4-5-7-19(24)21-16-8-10-17(11-9-16)22-13-12-18(23)15-22/h8-11,18,23H,4-7,12-15H2,1-3H3,(H,21,24). The zero-order valence-electron chi connectivity index (χ0n) is 16.6. The molecule has 0 radical (unpaired) electrons. The fourth-order valence-electron chi connectivity index (χ4n) is 3.02. The number of hydrogen-bond acceptors (Lipinski definition) is 5. The molecule has 2 rings (SSSR count). The van der Waals surface area contributed by atoms with Crippen molar-refractivity contribution in [1.29, 1.82) is 0 Å². The van der Waals surface area contributed by atoms with Gasteiger partial charge >= 0.3 is 0 Å². The highest BCUT2D eigenvalue weighted by Gasteiger charge is 2.27. The van der Waals surface area contributed by atoms with Crippen molar-refractivity contribution in [1.82, 2.24) is 0 Å². The van der Waals surface area contributed by atoms with Crippen molar-refractivity contribution < 1.29 is 18.3 Å². The summed E-state index contributed by atoms with van der Waals surface area (Å²) in [6.07, 6.45) is 2.89. The molecule has 1 amide bonds. The quantitative estimate of drug-likeness (QED) is 0.660. The summed E-state index contributed by atoms with van der Waals surface area (Å²) < 4.78 is 23.4. The molecule has 0 bridgehead atoms. The Morgan fingerprint density at radius 1 is 1.19 bits per heavy atom. The molecule has 1 unspecified atom stereocenters. The van der Waals surface area contributed by atoms with E-state index in [1.54, 1.807) is 20.8 Å². The van der Waals surface area contributed by atoms with Gasteiger partial charge in [-0.05, 0) is 64.3 Å². The summed E-state index contributed by atoms with van der Waals surface area (Å²) in [5.41, 5.74) is 1.79. The molecule has 0 spiro atoms. The van der Waals surface area contributed by atoms with Crippen molar-refractivity contribution in [3.8, 4) is 0 Å². The minimum absolute atomic E-state index is 0.0574. The maximum atomic E-state index is 12.0. The van der Waals surface area contributed by atoms with Gasteiger partial charge < -0.3 is 15.3 Å². The third kappa shape index (κ3) is 6.50. The van der Waals surface area contributed by atoms with Crippen molar-refractivity contribution in [3.63, 3.8) is 0 Å². The second kappa shape index (κ2) is 9.06. The van der Waals surface area contributed by atoms with Crippen molar-refractivity contribution >= 4 is 27.1 Å². The molecule has 1 aromatic rings. The number of nitrogens with one attached hydrogen (secondary N) is 1. The van der Waals surface area contributed by atoms with E-state index < -0.39 is 14.6 Å². The van der Waals surface area contributed by atoms with Crippen LogP contribution in [0.25, 0.3) is 0 Å². The Morgan fingerprint density at radius 2 is 1.85 bits per heavy atom. The van der Waals surface area contributed by atoms with Crippen molar-refractivity contribution in [3.05, 3.63) is 24.3 Å². The molecule has 1 fully saturated rings. The summed E-state index contributed by atoms with van der Waals surface area (Å²) in [4.78, 5) is 14.2. The van der Waals surface area contributed by atoms with Gasteiger partial charge in [-0.15, -0.1) is 0 Å². The van der Waals surface area contributed by atoms with Gasteiger partial charge in [-0.25, -0.2) is 8.42 Å². The second-order valence-electron chi connectivity index (χ2n) is 8.23. The first kappa shape index (κ1) is 21.7. The molecule has 1 aliphatic rings. The maximum absolute atomic E-state index is 12.0. The number of amides is 1. The van der Waals surface area contributed by atoms with E-state index in [4.69, 9.17) is 0 Å². The third-order valence-corrected chi connectivity index (χ3v) is 7.62. The lowest BCUT2D eigenvalue weighted by molar-refractivity contribution is -0.116. The number of sulfone groups is 1. The molecular formula is C20H32N2O4S. The molecule has 6 nitrogen and oxygen atoms in total. The van der Waals surface area contributed by atoms with Crippen molar-refractivity contribution in [2.75, 3.05) is 29.1 Å². The van der Waals surface area contributed by atoms with Crippen LogP contribution in [0.3, 0.4) is 0 Å². The van der Waals surface area contributed by atoms with E-state index >= 15 is 0 Å². The lowest BCUT2D eigenvalue weighted by Gasteiger charge is -2.19. The van der Waals surface area contributed by atoms with Crippen LogP contribution in [0.15, 0.2) is 24.3 Å². The molecule has 1 aliphatic heterocycles. The summed E-state index contributed by atoms with van der Waals surface area (Å²) in [5, 5.41) is 12.5. The third-order valence-electron chi connectivity index (χ3n) is 4.93. The lowest BCUT2D eigenvalue weighted by atomic mass is 10.2. The molecule has 152 valence electrons. The number of aliphatic hydroxyl groups excluding tert-OH is 1. The number of anilines is 2. The summed E-state index contributed by atoms with van der Waals surface area (Å²) in [6, 6.07) is 7.64. The normalized spacial score (nSPS) is 17.9. The van der Waals surface area contributed by atoms with Crippen LogP contribution in [0.4, 0.5) is 11.4 Å². The largest absolute Gasteiger partial charge is 0.391 e. The zero-order chi connectivity index (χ0) is 20.1. The Labute approximate surface area is 162 Å². The first-order chi connectivity index (χ1) is 12.6. The van der Waals surface area contributed by atoms with Crippen LogP contribution in [0.2, 0.25) is 0 Å². The smallest absolute Gasteiger partial charge is 0.224 e. The number of benzene rings is 1. The highest BCUT2D eigenvalue weighted by atomic mass is 32.2. The van der Waals surface area contributed by atoms with E-state index in [9.17, 15) is 18.3 Å². The van der Waals surface area contributed by atoms with Crippen LogP contribution in [0, 0.1) is 0 Å².